The molecular weight excluding hydrogens is 632 g/mol. The predicted octanol–water partition coefficient (Wildman–Crippen LogP) is -7.51. The Morgan fingerprint density at radius 3 is 1.59 bits per heavy atom. The molecule has 3 rings (SSSR count). The highest BCUT2D eigenvalue weighted by Crippen LogP contribution is 2.33. The van der Waals surface area contributed by atoms with E-state index in [9.17, 15) is 40.9 Å². The number of hydrogen-bond acceptors (Lipinski definition) is 20. The third kappa shape index (κ3) is 10.4. The van der Waals surface area contributed by atoms with Crippen LogP contribution in [0.15, 0.2) is 0 Å². The Balaban J connectivity index is 1.72. The zero-order chi connectivity index (χ0) is 33.8. The van der Waals surface area contributed by atoms with Crippen LogP contribution in [0.3, 0.4) is 0 Å². The van der Waals surface area contributed by atoms with E-state index in [-0.39, 0.29) is 59.5 Å². The highest BCUT2D eigenvalue weighted by molar-refractivity contribution is 4.96. The van der Waals surface area contributed by atoms with Crippen LogP contribution in [0.25, 0.3) is 0 Å². The topological polar surface area (TPSA) is 306 Å². The van der Waals surface area contributed by atoms with Crippen LogP contribution >= 0.6 is 0 Å². The summed E-state index contributed by atoms with van der Waals surface area (Å²) in [6.07, 6.45) is -24.1. The van der Waals surface area contributed by atoms with Gasteiger partial charge < -0.3 is 98.8 Å². The highest BCUT2D eigenvalue weighted by atomic mass is 16.8. The molecule has 0 bridgehead atoms. The highest BCUT2D eigenvalue weighted by Gasteiger charge is 2.53. The van der Waals surface area contributed by atoms with Crippen LogP contribution in [0.4, 0.5) is 0 Å². The van der Waals surface area contributed by atoms with E-state index < -0.39 is 105 Å². The Bertz CT molecular complexity index is 828. The summed E-state index contributed by atoms with van der Waals surface area (Å²) in [5.41, 5.74) is 0. The first kappa shape index (κ1) is 39.6. The van der Waals surface area contributed by atoms with Gasteiger partial charge in [0, 0.05) is 0 Å². The monoisotopic (exact) mass is 680 g/mol. The summed E-state index contributed by atoms with van der Waals surface area (Å²) in [5.74, 6) is 0. The maximum Gasteiger partial charge on any atom is 0.187 e. The number of rotatable bonds is 19. The molecule has 3 aliphatic heterocycles. The maximum atomic E-state index is 11.1. The molecule has 272 valence electrons. The van der Waals surface area contributed by atoms with Crippen LogP contribution in [0.5, 0.6) is 0 Å². The van der Waals surface area contributed by atoms with Crippen molar-refractivity contribution in [2.24, 2.45) is 0 Å². The molecule has 3 aliphatic rings. The van der Waals surface area contributed by atoms with E-state index in [2.05, 4.69) is 0 Å². The van der Waals surface area contributed by atoms with E-state index in [1.54, 1.807) is 0 Å². The van der Waals surface area contributed by atoms with Gasteiger partial charge in [-0.25, -0.2) is 0 Å². The van der Waals surface area contributed by atoms with Crippen LogP contribution in [0.1, 0.15) is 0 Å². The molecule has 0 aliphatic carbocycles. The van der Waals surface area contributed by atoms with Crippen molar-refractivity contribution in [3.8, 4) is 0 Å². The van der Waals surface area contributed by atoms with Crippen molar-refractivity contribution in [1.82, 2.24) is 0 Å². The van der Waals surface area contributed by atoms with Gasteiger partial charge in [0.1, 0.15) is 73.2 Å². The molecule has 3 fully saturated rings. The fraction of sp³-hybridized carbons (Fsp3) is 1.00. The van der Waals surface area contributed by atoms with Crippen molar-refractivity contribution in [2.45, 2.75) is 92.1 Å². The van der Waals surface area contributed by atoms with E-state index in [4.69, 9.17) is 58.0 Å². The van der Waals surface area contributed by atoms with Gasteiger partial charge in [0.25, 0.3) is 0 Å². The molecular formula is C26H48O20. The van der Waals surface area contributed by atoms with E-state index in [0.29, 0.717) is 0 Å². The summed E-state index contributed by atoms with van der Waals surface area (Å²) >= 11 is 0. The van der Waals surface area contributed by atoms with Gasteiger partial charge in [-0.3, -0.25) is 0 Å². The molecule has 20 nitrogen and oxygen atoms in total. The first-order valence-electron chi connectivity index (χ1n) is 14.9. The number of hydrogen-bond donors (Lipinski definition) is 11. The molecule has 0 aromatic heterocycles. The second-order valence-electron chi connectivity index (χ2n) is 10.7. The van der Waals surface area contributed by atoms with E-state index in [1.807, 2.05) is 0 Å². The lowest BCUT2D eigenvalue weighted by Crippen LogP contribution is -2.66. The van der Waals surface area contributed by atoms with Gasteiger partial charge >= 0.3 is 0 Å². The normalized spacial score (nSPS) is 41.9. The largest absolute Gasteiger partial charge is 0.394 e. The van der Waals surface area contributed by atoms with Crippen LogP contribution in [0, 0.1) is 0 Å². The second kappa shape index (κ2) is 20.0. The lowest BCUT2D eigenvalue weighted by atomic mass is 9.96. The van der Waals surface area contributed by atoms with E-state index in [1.165, 1.54) is 0 Å². The molecule has 46 heavy (non-hydrogen) atoms. The molecule has 0 radical (unpaired) electrons. The van der Waals surface area contributed by atoms with Crippen molar-refractivity contribution in [3.05, 3.63) is 0 Å². The summed E-state index contributed by atoms with van der Waals surface area (Å²) in [5, 5.41) is 111. The van der Waals surface area contributed by atoms with E-state index >= 15 is 0 Å². The molecule has 3 heterocycles. The van der Waals surface area contributed by atoms with Gasteiger partial charge in [-0.15, -0.1) is 0 Å². The van der Waals surface area contributed by atoms with Gasteiger partial charge in [0.15, 0.2) is 18.9 Å². The Morgan fingerprint density at radius 2 is 0.957 bits per heavy atom. The predicted molar refractivity (Wildman–Crippen MR) is 145 cm³/mol. The van der Waals surface area contributed by atoms with Gasteiger partial charge in [-0.2, -0.15) is 0 Å². The van der Waals surface area contributed by atoms with Crippen LogP contribution in [-0.2, 0) is 42.6 Å². The van der Waals surface area contributed by atoms with Gasteiger partial charge in [0.2, 0.25) is 0 Å². The lowest BCUT2D eigenvalue weighted by molar-refractivity contribution is -0.380. The molecule has 0 saturated carbocycles. The van der Waals surface area contributed by atoms with Crippen molar-refractivity contribution in [1.29, 1.82) is 0 Å². The van der Waals surface area contributed by atoms with Crippen LogP contribution in [-0.4, -0.2) is 221 Å². The number of aliphatic hydroxyl groups is 11. The van der Waals surface area contributed by atoms with Gasteiger partial charge in [-0.05, 0) is 0 Å². The minimum Gasteiger partial charge on any atom is -0.394 e. The smallest absolute Gasteiger partial charge is 0.187 e. The van der Waals surface area contributed by atoms with Gasteiger partial charge in [0.05, 0.1) is 72.7 Å². The first-order valence-corrected chi connectivity index (χ1v) is 14.9. The third-order valence-electron chi connectivity index (χ3n) is 7.52. The van der Waals surface area contributed by atoms with Crippen molar-refractivity contribution in [2.75, 3.05) is 72.7 Å². The van der Waals surface area contributed by atoms with Crippen molar-refractivity contribution < 1.29 is 98.8 Å². The number of ether oxygens (including phenoxy) is 9. The fourth-order valence-corrected chi connectivity index (χ4v) is 5.14. The Kier molecular flexibility index (Phi) is 17.2. The summed E-state index contributed by atoms with van der Waals surface area (Å²) in [4.78, 5) is 0. The van der Waals surface area contributed by atoms with E-state index in [0.717, 1.165) is 0 Å². The molecule has 3 saturated heterocycles. The molecule has 15 unspecified atom stereocenters. The Morgan fingerprint density at radius 1 is 0.435 bits per heavy atom. The summed E-state index contributed by atoms with van der Waals surface area (Å²) in [7, 11) is 0. The second-order valence-corrected chi connectivity index (χ2v) is 10.7. The van der Waals surface area contributed by atoms with Crippen molar-refractivity contribution >= 4 is 0 Å². The molecule has 11 N–H and O–H groups in total. The lowest BCUT2D eigenvalue weighted by Gasteiger charge is -2.48. The molecule has 0 amide bonds. The fourth-order valence-electron chi connectivity index (χ4n) is 5.14. The zero-order valence-electron chi connectivity index (χ0n) is 25.0. The quantitative estimate of drug-likeness (QED) is 0.0565. The van der Waals surface area contributed by atoms with Crippen LogP contribution < -0.4 is 0 Å². The number of aliphatic hydroxyl groups excluding tert-OH is 11. The molecule has 0 aromatic carbocycles. The molecule has 0 aromatic rings. The van der Waals surface area contributed by atoms with Crippen molar-refractivity contribution in [3.63, 3.8) is 0 Å². The Labute approximate surface area is 264 Å². The zero-order valence-corrected chi connectivity index (χ0v) is 25.0. The maximum absolute atomic E-state index is 11.1. The average molecular weight is 681 g/mol. The average Bonchev–Trinajstić information content (AvgIpc) is 3.04. The minimum atomic E-state index is -1.91. The van der Waals surface area contributed by atoms with Gasteiger partial charge in [-0.1, -0.05) is 0 Å². The summed E-state index contributed by atoms with van der Waals surface area (Å²) in [6.45, 7) is -2.59. The summed E-state index contributed by atoms with van der Waals surface area (Å²) < 4.78 is 49.3. The molecule has 0 spiro atoms. The van der Waals surface area contributed by atoms with Crippen LogP contribution in [0.2, 0.25) is 0 Å². The molecule has 15 atom stereocenters. The Hall–Kier alpha value is -0.800. The third-order valence-corrected chi connectivity index (χ3v) is 7.52. The molecule has 20 heteroatoms. The SMILES string of the molecule is OCCOCCOCC1OC(OC2C(COCCO)OC(OC3C(CO)OC(O)C(OCCO)C3O)C(O)C2O)C(O)C(O)C1O. The minimum absolute atomic E-state index is 0.0505. The first-order chi connectivity index (χ1) is 22.1. The standard InChI is InChI=1S/C26H48O20/c27-1-4-38-7-8-40-10-13-15(31)16(32)18(34)25(43-13)46-22-14(11-39-5-2-28)44-26(19(35)17(22)33)45-21-12(9-30)42-24(37)23(20(21)36)41-6-3-29/h12-37H,1-11H2. The summed E-state index contributed by atoms with van der Waals surface area (Å²) in [6, 6.07) is 0.